The van der Waals surface area contributed by atoms with Gasteiger partial charge < -0.3 is 9.84 Å². The van der Waals surface area contributed by atoms with Crippen LogP contribution in [0.15, 0.2) is 40.9 Å². The monoisotopic (exact) mass is 265 g/mol. The quantitative estimate of drug-likeness (QED) is 0.395. The molecule has 0 aliphatic rings. The third-order valence-corrected chi connectivity index (χ3v) is 3.91. The van der Waals surface area contributed by atoms with Gasteiger partial charge in [0, 0.05) is 19.6 Å². The van der Waals surface area contributed by atoms with Crippen LogP contribution in [0.25, 0.3) is 0 Å². The normalized spacial score (nSPS) is 17.1. The summed E-state index contributed by atoms with van der Waals surface area (Å²) in [5.74, 6) is 0.0376. The van der Waals surface area contributed by atoms with E-state index in [9.17, 15) is 5.11 Å². The molecule has 0 spiro atoms. The van der Waals surface area contributed by atoms with E-state index in [1.54, 1.807) is 7.11 Å². The van der Waals surface area contributed by atoms with Crippen molar-refractivity contribution in [2.75, 3.05) is 20.3 Å². The van der Waals surface area contributed by atoms with Gasteiger partial charge in [-0.2, -0.15) is 0 Å². The van der Waals surface area contributed by atoms with Crippen LogP contribution in [-0.2, 0) is 4.74 Å². The molecular formula is C16H27NO2. The lowest BCUT2D eigenvalue weighted by atomic mass is 9.74. The van der Waals surface area contributed by atoms with Crippen LogP contribution in [0, 0.1) is 5.92 Å². The van der Waals surface area contributed by atoms with Gasteiger partial charge in [0.2, 0.25) is 0 Å². The Morgan fingerprint density at radius 3 is 2.42 bits per heavy atom. The first kappa shape index (κ1) is 17.8. The van der Waals surface area contributed by atoms with Crippen LogP contribution in [0.4, 0.5) is 0 Å². The van der Waals surface area contributed by atoms with Crippen molar-refractivity contribution in [1.82, 2.24) is 0 Å². The number of hydrogen-bond donors (Lipinski definition) is 1. The first-order valence-corrected chi connectivity index (χ1v) is 6.44. The maximum atomic E-state index is 9.34. The zero-order valence-corrected chi connectivity index (χ0v) is 12.7. The predicted octanol–water partition coefficient (Wildman–Crippen LogP) is 3.17. The number of methoxy groups -OCH3 is 1. The SMILES string of the molecule is C=C/C(C)=C(/C)C(CCO)C(C)(N=C)C(=C)COC. The Kier molecular flexibility index (Phi) is 7.57. The van der Waals surface area contributed by atoms with Crippen LogP contribution in [0.1, 0.15) is 27.2 Å². The smallest absolute Gasteiger partial charge is 0.0866 e. The van der Waals surface area contributed by atoms with Crippen molar-refractivity contribution >= 4 is 6.72 Å². The number of nitrogens with zero attached hydrogens (tertiary/aromatic N) is 1. The van der Waals surface area contributed by atoms with Gasteiger partial charge in [-0.05, 0) is 39.5 Å². The van der Waals surface area contributed by atoms with E-state index in [4.69, 9.17) is 4.74 Å². The van der Waals surface area contributed by atoms with Gasteiger partial charge in [-0.25, -0.2) is 0 Å². The van der Waals surface area contributed by atoms with Crippen molar-refractivity contribution < 1.29 is 9.84 Å². The van der Waals surface area contributed by atoms with E-state index in [-0.39, 0.29) is 12.5 Å². The Hall–Kier alpha value is -1.19. The maximum absolute atomic E-state index is 9.34. The third-order valence-electron chi connectivity index (χ3n) is 3.91. The second-order valence-electron chi connectivity index (χ2n) is 4.98. The Labute approximate surface area is 117 Å². The summed E-state index contributed by atoms with van der Waals surface area (Å²) in [5.41, 5.74) is 2.56. The zero-order valence-electron chi connectivity index (χ0n) is 12.7. The van der Waals surface area contributed by atoms with Gasteiger partial charge in [0.15, 0.2) is 0 Å². The highest BCUT2D eigenvalue weighted by atomic mass is 16.5. The molecule has 108 valence electrons. The van der Waals surface area contributed by atoms with E-state index >= 15 is 0 Å². The number of hydrogen-bond acceptors (Lipinski definition) is 3. The molecule has 19 heavy (non-hydrogen) atoms. The summed E-state index contributed by atoms with van der Waals surface area (Å²) in [4.78, 5) is 4.29. The molecule has 0 saturated heterocycles. The second kappa shape index (κ2) is 8.08. The van der Waals surface area contributed by atoms with Crippen LogP contribution < -0.4 is 0 Å². The van der Waals surface area contributed by atoms with E-state index < -0.39 is 5.54 Å². The number of aliphatic hydroxyl groups excluding tert-OH is 1. The van der Waals surface area contributed by atoms with Crippen LogP contribution in [0.5, 0.6) is 0 Å². The average molecular weight is 265 g/mol. The number of allylic oxidation sites excluding steroid dienone is 2. The van der Waals surface area contributed by atoms with Gasteiger partial charge in [-0.3, -0.25) is 4.99 Å². The van der Waals surface area contributed by atoms with Gasteiger partial charge in [0.1, 0.15) is 0 Å². The van der Waals surface area contributed by atoms with Crippen LogP contribution in [-0.4, -0.2) is 37.7 Å². The highest BCUT2D eigenvalue weighted by molar-refractivity contribution is 5.36. The Bertz CT molecular complexity index is 371. The first-order chi connectivity index (χ1) is 8.88. The molecule has 0 aromatic heterocycles. The number of aliphatic imine (C=N–C) groups is 1. The molecule has 0 aromatic rings. The highest BCUT2D eigenvalue weighted by Crippen LogP contribution is 2.37. The fraction of sp³-hybridized carbons (Fsp3) is 0.562. The Balaban J connectivity index is 5.62. The highest BCUT2D eigenvalue weighted by Gasteiger charge is 2.36. The fourth-order valence-corrected chi connectivity index (χ4v) is 2.27. The van der Waals surface area contributed by atoms with Crippen molar-refractivity contribution in [1.29, 1.82) is 0 Å². The minimum Gasteiger partial charge on any atom is -0.396 e. The maximum Gasteiger partial charge on any atom is 0.0866 e. The fourth-order valence-electron chi connectivity index (χ4n) is 2.27. The summed E-state index contributed by atoms with van der Waals surface area (Å²) in [6.07, 6.45) is 2.43. The van der Waals surface area contributed by atoms with Gasteiger partial charge in [-0.1, -0.05) is 30.4 Å². The van der Waals surface area contributed by atoms with E-state index in [1.807, 2.05) is 26.8 Å². The Morgan fingerprint density at radius 1 is 1.47 bits per heavy atom. The van der Waals surface area contributed by atoms with Gasteiger partial charge >= 0.3 is 0 Å². The summed E-state index contributed by atoms with van der Waals surface area (Å²) in [6.45, 7) is 18.1. The molecule has 0 saturated carbocycles. The summed E-state index contributed by atoms with van der Waals surface area (Å²) < 4.78 is 5.16. The molecule has 0 fully saturated rings. The van der Waals surface area contributed by atoms with Crippen molar-refractivity contribution in [3.63, 3.8) is 0 Å². The van der Waals surface area contributed by atoms with E-state index in [0.29, 0.717) is 13.0 Å². The molecule has 0 rings (SSSR count). The molecule has 2 atom stereocenters. The summed E-state index contributed by atoms with van der Waals surface area (Å²) in [5, 5.41) is 9.34. The zero-order chi connectivity index (χ0) is 15.1. The summed E-state index contributed by atoms with van der Waals surface area (Å²) in [7, 11) is 1.63. The predicted molar refractivity (Wildman–Crippen MR) is 82.7 cm³/mol. The van der Waals surface area contributed by atoms with Crippen LogP contribution >= 0.6 is 0 Å². The second-order valence-corrected chi connectivity index (χ2v) is 4.98. The number of aliphatic hydroxyl groups is 1. The molecule has 0 amide bonds. The lowest BCUT2D eigenvalue weighted by Gasteiger charge is -2.37. The van der Waals surface area contributed by atoms with Gasteiger partial charge in [0.25, 0.3) is 0 Å². The molecule has 0 aliphatic heterocycles. The lowest BCUT2D eigenvalue weighted by Crippen LogP contribution is -2.37. The Morgan fingerprint density at radius 2 is 2.05 bits per heavy atom. The number of rotatable bonds is 9. The lowest BCUT2D eigenvalue weighted by molar-refractivity contribution is 0.194. The average Bonchev–Trinajstić information content (AvgIpc) is 2.42. The summed E-state index contributed by atoms with van der Waals surface area (Å²) >= 11 is 0. The molecule has 0 radical (unpaired) electrons. The topological polar surface area (TPSA) is 41.8 Å². The van der Waals surface area contributed by atoms with Gasteiger partial charge in [0.05, 0.1) is 12.1 Å². The first-order valence-electron chi connectivity index (χ1n) is 6.44. The molecular weight excluding hydrogens is 238 g/mol. The summed E-state index contributed by atoms with van der Waals surface area (Å²) in [6, 6.07) is 0. The van der Waals surface area contributed by atoms with E-state index in [1.165, 1.54) is 0 Å². The molecule has 0 bridgehead atoms. The van der Waals surface area contributed by atoms with E-state index in [2.05, 4.69) is 24.9 Å². The largest absolute Gasteiger partial charge is 0.396 e. The van der Waals surface area contributed by atoms with E-state index in [0.717, 1.165) is 16.7 Å². The molecule has 0 heterocycles. The third kappa shape index (κ3) is 4.15. The van der Waals surface area contributed by atoms with Crippen molar-refractivity contribution in [2.24, 2.45) is 10.9 Å². The standard InChI is InChI=1S/C16H27NO2/c1-8-12(2)14(4)15(9-10-18)16(5,17-6)13(3)11-19-7/h8,15,18H,1,3,6,9-11H2,2,4-5,7H3/b14-12-. The van der Waals surface area contributed by atoms with Crippen LogP contribution in [0.3, 0.4) is 0 Å². The molecule has 0 aromatic carbocycles. The molecule has 1 N–H and O–H groups in total. The van der Waals surface area contributed by atoms with Crippen molar-refractivity contribution in [2.45, 2.75) is 32.7 Å². The molecule has 3 nitrogen and oxygen atoms in total. The molecule has 0 aliphatic carbocycles. The number of ether oxygens (including phenoxy) is 1. The minimum atomic E-state index is -0.549. The molecule has 3 heteroatoms. The van der Waals surface area contributed by atoms with Crippen LogP contribution in [0.2, 0.25) is 0 Å². The van der Waals surface area contributed by atoms with Crippen molar-refractivity contribution in [3.05, 3.63) is 36.0 Å². The van der Waals surface area contributed by atoms with Gasteiger partial charge in [-0.15, -0.1) is 0 Å². The van der Waals surface area contributed by atoms with Crippen molar-refractivity contribution in [3.8, 4) is 0 Å². The molecule has 2 unspecified atom stereocenters. The minimum absolute atomic E-state index is 0.0376.